The van der Waals surface area contributed by atoms with Crippen LogP contribution in [0.2, 0.25) is 0 Å². The molecule has 4 heteroatoms. The predicted molar refractivity (Wildman–Crippen MR) is 76.5 cm³/mol. The number of rotatable bonds is 8. The van der Waals surface area contributed by atoms with Crippen LogP contribution in [0.25, 0.3) is 0 Å². The summed E-state index contributed by atoms with van der Waals surface area (Å²) >= 11 is 1.75. The second kappa shape index (κ2) is 7.82. The molecule has 0 aliphatic carbocycles. The molecular formula is C13H25N3S. The van der Waals surface area contributed by atoms with Crippen molar-refractivity contribution in [3.8, 4) is 0 Å². The van der Waals surface area contributed by atoms with Crippen LogP contribution in [-0.4, -0.2) is 50.1 Å². The number of nitrogens with two attached hydrogens (primary N) is 1. The standard InChI is InChI=1S/C13H25N3S/c1-4-6-16(8-7-15(2)3)13(10-14)12-5-9-17-11-12/h5,9,11,13H,4,6-8,10,14H2,1-3H3. The summed E-state index contributed by atoms with van der Waals surface area (Å²) in [5.41, 5.74) is 7.32. The highest BCUT2D eigenvalue weighted by molar-refractivity contribution is 7.07. The van der Waals surface area contributed by atoms with Gasteiger partial charge in [0.2, 0.25) is 0 Å². The van der Waals surface area contributed by atoms with Crippen molar-refractivity contribution in [1.29, 1.82) is 0 Å². The van der Waals surface area contributed by atoms with Gasteiger partial charge in [0.25, 0.3) is 0 Å². The van der Waals surface area contributed by atoms with Crippen LogP contribution in [0.3, 0.4) is 0 Å². The Morgan fingerprint density at radius 2 is 2.06 bits per heavy atom. The largest absolute Gasteiger partial charge is 0.329 e. The maximum atomic E-state index is 5.95. The van der Waals surface area contributed by atoms with Crippen molar-refractivity contribution in [3.63, 3.8) is 0 Å². The molecule has 17 heavy (non-hydrogen) atoms. The minimum Gasteiger partial charge on any atom is -0.329 e. The van der Waals surface area contributed by atoms with Gasteiger partial charge >= 0.3 is 0 Å². The third kappa shape index (κ3) is 4.76. The van der Waals surface area contributed by atoms with E-state index in [1.165, 1.54) is 12.0 Å². The first-order valence-corrected chi connectivity index (χ1v) is 7.24. The van der Waals surface area contributed by atoms with E-state index in [9.17, 15) is 0 Å². The summed E-state index contributed by atoms with van der Waals surface area (Å²) in [6.07, 6.45) is 1.17. The molecule has 0 spiro atoms. The molecule has 2 N–H and O–H groups in total. The lowest BCUT2D eigenvalue weighted by molar-refractivity contribution is 0.183. The lowest BCUT2D eigenvalue weighted by atomic mass is 10.1. The molecule has 1 unspecified atom stereocenters. The summed E-state index contributed by atoms with van der Waals surface area (Å²) in [4.78, 5) is 4.73. The summed E-state index contributed by atoms with van der Waals surface area (Å²) in [5.74, 6) is 0. The van der Waals surface area contributed by atoms with Gasteiger partial charge in [-0.25, -0.2) is 0 Å². The monoisotopic (exact) mass is 255 g/mol. The summed E-state index contributed by atoms with van der Waals surface area (Å²) in [7, 11) is 4.23. The topological polar surface area (TPSA) is 32.5 Å². The van der Waals surface area contributed by atoms with Crippen molar-refractivity contribution in [3.05, 3.63) is 22.4 Å². The van der Waals surface area contributed by atoms with E-state index in [-0.39, 0.29) is 0 Å². The number of hydrogen-bond acceptors (Lipinski definition) is 4. The Morgan fingerprint density at radius 1 is 1.29 bits per heavy atom. The molecule has 0 bridgehead atoms. The summed E-state index contributed by atoms with van der Waals surface area (Å²) < 4.78 is 0. The van der Waals surface area contributed by atoms with E-state index in [2.05, 4.69) is 47.6 Å². The van der Waals surface area contributed by atoms with Crippen molar-refractivity contribution in [2.45, 2.75) is 19.4 Å². The molecule has 0 saturated heterocycles. The first-order valence-electron chi connectivity index (χ1n) is 6.30. The molecular weight excluding hydrogens is 230 g/mol. The average Bonchev–Trinajstić information content (AvgIpc) is 2.80. The van der Waals surface area contributed by atoms with Gasteiger partial charge in [-0.2, -0.15) is 11.3 Å². The SMILES string of the molecule is CCCN(CCN(C)C)C(CN)c1ccsc1. The number of hydrogen-bond donors (Lipinski definition) is 1. The summed E-state index contributed by atoms with van der Waals surface area (Å²) in [6, 6.07) is 2.57. The minimum absolute atomic E-state index is 0.376. The number of likely N-dealkylation sites (N-methyl/N-ethyl adjacent to an activating group) is 1. The summed E-state index contributed by atoms with van der Waals surface area (Å²) in [6.45, 7) is 6.21. The number of nitrogens with zero attached hydrogens (tertiary/aromatic N) is 2. The van der Waals surface area contributed by atoms with E-state index in [0.29, 0.717) is 12.6 Å². The van der Waals surface area contributed by atoms with E-state index in [1.54, 1.807) is 11.3 Å². The molecule has 1 heterocycles. The van der Waals surface area contributed by atoms with Gasteiger partial charge in [0, 0.05) is 25.7 Å². The quantitative estimate of drug-likeness (QED) is 0.771. The van der Waals surface area contributed by atoms with Gasteiger partial charge < -0.3 is 10.6 Å². The van der Waals surface area contributed by atoms with E-state index in [1.807, 2.05) is 0 Å². The van der Waals surface area contributed by atoms with Gasteiger partial charge in [-0.15, -0.1) is 0 Å². The van der Waals surface area contributed by atoms with Crippen LogP contribution in [0, 0.1) is 0 Å². The molecule has 1 rings (SSSR count). The van der Waals surface area contributed by atoms with Crippen LogP contribution in [-0.2, 0) is 0 Å². The fourth-order valence-corrected chi connectivity index (χ4v) is 2.71. The maximum absolute atomic E-state index is 5.95. The highest BCUT2D eigenvalue weighted by Gasteiger charge is 2.18. The molecule has 0 radical (unpaired) electrons. The molecule has 1 aromatic heterocycles. The van der Waals surface area contributed by atoms with Crippen molar-refractivity contribution in [1.82, 2.24) is 9.80 Å². The molecule has 0 aliphatic rings. The molecule has 0 fully saturated rings. The van der Waals surface area contributed by atoms with Crippen molar-refractivity contribution in [2.75, 3.05) is 40.3 Å². The van der Waals surface area contributed by atoms with Gasteiger partial charge in [-0.1, -0.05) is 6.92 Å². The lowest BCUT2D eigenvalue weighted by Crippen LogP contribution is -2.38. The third-order valence-electron chi connectivity index (χ3n) is 2.94. The normalized spacial score (nSPS) is 13.5. The molecule has 98 valence electrons. The first kappa shape index (κ1) is 14.6. The van der Waals surface area contributed by atoms with Crippen LogP contribution in [0.15, 0.2) is 16.8 Å². The number of thiophene rings is 1. The van der Waals surface area contributed by atoms with Crippen LogP contribution < -0.4 is 5.73 Å². The van der Waals surface area contributed by atoms with E-state index < -0.39 is 0 Å². The van der Waals surface area contributed by atoms with Crippen molar-refractivity contribution < 1.29 is 0 Å². The fraction of sp³-hybridized carbons (Fsp3) is 0.692. The zero-order valence-electron chi connectivity index (χ0n) is 11.2. The Morgan fingerprint density at radius 3 is 2.53 bits per heavy atom. The Balaban J connectivity index is 2.65. The smallest absolute Gasteiger partial charge is 0.0479 e. The maximum Gasteiger partial charge on any atom is 0.0479 e. The molecule has 1 aromatic rings. The molecule has 0 aromatic carbocycles. The van der Waals surface area contributed by atoms with Gasteiger partial charge in [0.1, 0.15) is 0 Å². The van der Waals surface area contributed by atoms with E-state index >= 15 is 0 Å². The molecule has 3 nitrogen and oxygen atoms in total. The highest BCUT2D eigenvalue weighted by atomic mass is 32.1. The fourth-order valence-electron chi connectivity index (χ4n) is 2.00. The van der Waals surface area contributed by atoms with E-state index in [0.717, 1.165) is 19.6 Å². The van der Waals surface area contributed by atoms with Gasteiger partial charge in [0.15, 0.2) is 0 Å². The average molecular weight is 255 g/mol. The molecule has 0 amide bonds. The third-order valence-corrected chi connectivity index (χ3v) is 3.64. The van der Waals surface area contributed by atoms with Gasteiger partial charge in [-0.3, -0.25) is 4.90 Å². The Bertz CT molecular complexity index is 285. The van der Waals surface area contributed by atoms with Crippen LogP contribution >= 0.6 is 11.3 Å². The zero-order chi connectivity index (χ0) is 12.7. The highest BCUT2D eigenvalue weighted by Crippen LogP contribution is 2.22. The first-order chi connectivity index (χ1) is 8.19. The molecule has 0 saturated carbocycles. The predicted octanol–water partition coefficient (Wildman–Crippen LogP) is 2.02. The van der Waals surface area contributed by atoms with E-state index in [4.69, 9.17) is 5.73 Å². The van der Waals surface area contributed by atoms with Crippen molar-refractivity contribution in [2.24, 2.45) is 5.73 Å². The Hall–Kier alpha value is -0.420. The minimum atomic E-state index is 0.376. The van der Waals surface area contributed by atoms with Gasteiger partial charge in [0.05, 0.1) is 0 Å². The molecule has 0 aliphatic heterocycles. The summed E-state index contributed by atoms with van der Waals surface area (Å²) in [5, 5.41) is 4.35. The van der Waals surface area contributed by atoms with Crippen LogP contribution in [0.5, 0.6) is 0 Å². The lowest BCUT2D eigenvalue weighted by Gasteiger charge is -2.31. The molecule has 1 atom stereocenters. The van der Waals surface area contributed by atoms with Crippen LogP contribution in [0.4, 0.5) is 0 Å². The zero-order valence-corrected chi connectivity index (χ0v) is 12.0. The Labute approximate surface area is 109 Å². The Kier molecular flexibility index (Phi) is 6.73. The van der Waals surface area contributed by atoms with Crippen molar-refractivity contribution >= 4 is 11.3 Å². The second-order valence-corrected chi connectivity index (χ2v) is 5.43. The van der Waals surface area contributed by atoms with Crippen LogP contribution in [0.1, 0.15) is 24.9 Å². The second-order valence-electron chi connectivity index (χ2n) is 4.65. The van der Waals surface area contributed by atoms with Gasteiger partial charge in [-0.05, 0) is 49.5 Å².